The first kappa shape index (κ1) is 14.6. The van der Waals surface area contributed by atoms with E-state index < -0.39 is 0 Å². The van der Waals surface area contributed by atoms with Crippen LogP contribution in [0.3, 0.4) is 0 Å². The van der Waals surface area contributed by atoms with Gasteiger partial charge in [0.25, 0.3) is 0 Å². The van der Waals surface area contributed by atoms with Gasteiger partial charge in [0.15, 0.2) is 0 Å². The normalized spacial score (nSPS) is 10.7. The van der Waals surface area contributed by atoms with Crippen LogP contribution in [0.15, 0.2) is 73.1 Å². The molecule has 0 unspecified atom stereocenters. The van der Waals surface area contributed by atoms with Crippen molar-refractivity contribution in [2.24, 2.45) is 0 Å². The lowest BCUT2D eigenvalue weighted by atomic mass is 10.1. The molecule has 4 rings (SSSR count). The predicted octanol–water partition coefficient (Wildman–Crippen LogP) is 5.09. The highest BCUT2D eigenvalue weighted by Crippen LogP contribution is 2.29. The van der Waals surface area contributed by atoms with Crippen LogP contribution < -0.4 is 5.32 Å². The summed E-state index contributed by atoms with van der Waals surface area (Å²) in [6, 6.07) is 19.4. The molecule has 1 N–H and O–H groups in total. The maximum Gasteiger partial charge on any atom is 0.228 e. The molecule has 0 amide bonds. The molecule has 116 valence electrons. The van der Waals surface area contributed by atoms with Crippen LogP contribution in [0.2, 0.25) is 5.02 Å². The Morgan fingerprint density at radius 2 is 1.62 bits per heavy atom. The third-order valence-corrected chi connectivity index (χ3v) is 3.88. The number of aromatic nitrogens is 3. The van der Waals surface area contributed by atoms with Crippen LogP contribution in [-0.4, -0.2) is 15.0 Å². The average molecular weight is 333 g/mol. The number of hydrogen-bond acceptors (Lipinski definition) is 4. The molecule has 0 saturated carbocycles. The number of nitrogens with zero attached hydrogens (tertiary/aromatic N) is 3. The maximum atomic E-state index is 6.17. The Kier molecular flexibility index (Phi) is 3.81. The number of nitrogens with one attached hydrogen (secondary N) is 1. The molecular formula is C19H13ClN4. The molecule has 0 spiro atoms. The first-order valence-corrected chi connectivity index (χ1v) is 7.87. The number of pyridine rings is 1. The Morgan fingerprint density at radius 1 is 0.833 bits per heavy atom. The molecule has 0 radical (unpaired) electrons. The van der Waals surface area contributed by atoms with Crippen molar-refractivity contribution in [2.45, 2.75) is 0 Å². The van der Waals surface area contributed by atoms with E-state index in [0.29, 0.717) is 11.0 Å². The summed E-state index contributed by atoms with van der Waals surface area (Å²) in [5.74, 6) is 0.537. The molecule has 0 aliphatic rings. The third kappa shape index (κ3) is 2.92. The largest absolute Gasteiger partial charge is 0.324 e. The van der Waals surface area contributed by atoms with E-state index in [1.54, 1.807) is 12.4 Å². The second-order valence-electron chi connectivity index (χ2n) is 5.28. The van der Waals surface area contributed by atoms with Gasteiger partial charge in [-0.25, -0.2) is 9.97 Å². The summed E-state index contributed by atoms with van der Waals surface area (Å²) in [6.45, 7) is 0. The van der Waals surface area contributed by atoms with Gasteiger partial charge in [-0.15, -0.1) is 0 Å². The van der Waals surface area contributed by atoms with Gasteiger partial charge in [0.2, 0.25) is 5.95 Å². The van der Waals surface area contributed by atoms with Gasteiger partial charge in [-0.2, -0.15) is 0 Å². The molecule has 2 aromatic carbocycles. The van der Waals surface area contributed by atoms with E-state index in [-0.39, 0.29) is 0 Å². The van der Waals surface area contributed by atoms with E-state index >= 15 is 0 Å². The van der Waals surface area contributed by atoms with Crippen molar-refractivity contribution in [1.82, 2.24) is 15.0 Å². The van der Waals surface area contributed by atoms with Gasteiger partial charge in [0.05, 0.1) is 11.2 Å². The van der Waals surface area contributed by atoms with Gasteiger partial charge >= 0.3 is 0 Å². The smallest absolute Gasteiger partial charge is 0.228 e. The quantitative estimate of drug-likeness (QED) is 0.567. The fraction of sp³-hybridized carbons (Fsp3) is 0. The van der Waals surface area contributed by atoms with Crippen molar-refractivity contribution < 1.29 is 0 Å². The molecule has 24 heavy (non-hydrogen) atoms. The maximum absolute atomic E-state index is 6.17. The molecule has 5 heteroatoms. The van der Waals surface area contributed by atoms with Crippen LogP contribution in [0.1, 0.15) is 0 Å². The Bertz CT molecular complexity index is 988. The molecule has 0 fully saturated rings. The minimum atomic E-state index is 0.537. The van der Waals surface area contributed by atoms with Crippen molar-refractivity contribution in [3.05, 3.63) is 78.1 Å². The number of benzene rings is 2. The van der Waals surface area contributed by atoms with Gasteiger partial charge in [-0.1, -0.05) is 41.9 Å². The Balaban J connectivity index is 1.89. The van der Waals surface area contributed by atoms with Gasteiger partial charge in [0, 0.05) is 34.1 Å². The molecule has 2 aromatic heterocycles. The van der Waals surface area contributed by atoms with Crippen molar-refractivity contribution in [3.8, 4) is 11.3 Å². The van der Waals surface area contributed by atoms with Crippen molar-refractivity contribution in [1.29, 1.82) is 0 Å². The zero-order chi connectivity index (χ0) is 16.4. The summed E-state index contributed by atoms with van der Waals surface area (Å²) in [4.78, 5) is 13.3. The van der Waals surface area contributed by atoms with Gasteiger partial charge in [0.1, 0.15) is 0 Å². The summed E-state index contributed by atoms with van der Waals surface area (Å²) in [5, 5.41) is 4.82. The van der Waals surface area contributed by atoms with Crippen LogP contribution in [0.4, 0.5) is 11.6 Å². The molecule has 2 heterocycles. The highest BCUT2D eigenvalue weighted by atomic mass is 35.5. The van der Waals surface area contributed by atoms with Crippen LogP contribution in [-0.2, 0) is 0 Å². The zero-order valence-electron chi connectivity index (χ0n) is 12.6. The van der Waals surface area contributed by atoms with E-state index in [0.717, 1.165) is 27.8 Å². The van der Waals surface area contributed by atoms with Crippen molar-refractivity contribution in [3.63, 3.8) is 0 Å². The molecule has 0 atom stereocenters. The van der Waals surface area contributed by atoms with Gasteiger partial charge < -0.3 is 5.32 Å². The predicted molar refractivity (Wildman–Crippen MR) is 97.5 cm³/mol. The van der Waals surface area contributed by atoms with E-state index in [2.05, 4.69) is 15.3 Å². The molecule has 0 aliphatic carbocycles. The van der Waals surface area contributed by atoms with Crippen molar-refractivity contribution >= 4 is 34.1 Å². The summed E-state index contributed by atoms with van der Waals surface area (Å²) in [6.07, 6.45) is 3.45. The van der Waals surface area contributed by atoms with Gasteiger partial charge in [-0.3, -0.25) is 4.98 Å². The zero-order valence-corrected chi connectivity index (χ0v) is 13.4. The summed E-state index contributed by atoms with van der Waals surface area (Å²) in [5.41, 5.74) is 3.59. The lowest BCUT2D eigenvalue weighted by molar-refractivity contribution is 1.21. The summed E-state index contributed by atoms with van der Waals surface area (Å²) in [7, 11) is 0. The molecule has 0 saturated heterocycles. The Hall–Kier alpha value is -2.98. The number of hydrogen-bond donors (Lipinski definition) is 1. The first-order chi connectivity index (χ1) is 11.8. The molecule has 0 bridgehead atoms. The molecular weight excluding hydrogens is 320 g/mol. The van der Waals surface area contributed by atoms with Gasteiger partial charge in [-0.05, 0) is 30.3 Å². The van der Waals surface area contributed by atoms with E-state index in [4.69, 9.17) is 16.6 Å². The fourth-order valence-electron chi connectivity index (χ4n) is 2.54. The number of halogens is 1. The number of rotatable bonds is 3. The monoisotopic (exact) mass is 332 g/mol. The second-order valence-corrected chi connectivity index (χ2v) is 5.72. The Morgan fingerprint density at radius 3 is 2.42 bits per heavy atom. The highest BCUT2D eigenvalue weighted by molar-refractivity contribution is 6.31. The molecule has 4 nitrogen and oxygen atoms in total. The van der Waals surface area contributed by atoms with Crippen molar-refractivity contribution in [2.75, 3.05) is 5.32 Å². The lowest BCUT2D eigenvalue weighted by Gasteiger charge is -2.10. The summed E-state index contributed by atoms with van der Waals surface area (Å²) >= 11 is 6.17. The topological polar surface area (TPSA) is 50.7 Å². The number of fused-ring (bicyclic) bond motifs is 1. The minimum absolute atomic E-state index is 0.537. The molecule has 0 aliphatic heterocycles. The van der Waals surface area contributed by atoms with Crippen LogP contribution in [0, 0.1) is 0 Å². The number of anilines is 2. The fourth-order valence-corrected chi connectivity index (χ4v) is 2.71. The van der Waals surface area contributed by atoms with Crippen LogP contribution >= 0.6 is 11.6 Å². The van der Waals surface area contributed by atoms with E-state index in [9.17, 15) is 0 Å². The first-order valence-electron chi connectivity index (χ1n) is 7.49. The summed E-state index contributed by atoms with van der Waals surface area (Å²) < 4.78 is 0. The Labute approximate surface area is 144 Å². The standard InChI is InChI=1S/C19H13ClN4/c20-14-6-7-17-16(12-14)18(13-4-2-1-3-5-13)24-19(23-17)22-15-8-10-21-11-9-15/h1-12H,(H,21,22,23,24). The van der Waals surface area contributed by atoms with Crippen LogP contribution in [0.25, 0.3) is 22.2 Å². The second kappa shape index (κ2) is 6.26. The molecule has 4 aromatic rings. The minimum Gasteiger partial charge on any atom is -0.324 e. The SMILES string of the molecule is Clc1ccc2nc(Nc3ccncc3)nc(-c3ccccc3)c2c1. The van der Waals surface area contributed by atoms with E-state index in [1.165, 1.54) is 0 Å². The highest BCUT2D eigenvalue weighted by Gasteiger charge is 2.10. The van der Waals surface area contributed by atoms with E-state index in [1.807, 2.05) is 60.7 Å². The average Bonchev–Trinajstić information content (AvgIpc) is 2.63. The third-order valence-electron chi connectivity index (χ3n) is 3.64. The lowest BCUT2D eigenvalue weighted by Crippen LogP contribution is -2.00. The van der Waals surface area contributed by atoms with Crippen LogP contribution in [0.5, 0.6) is 0 Å².